The molecule has 0 radical (unpaired) electrons. The summed E-state index contributed by atoms with van der Waals surface area (Å²) < 4.78 is 5.19. The maximum atomic E-state index is 12.1. The van der Waals surface area contributed by atoms with Crippen molar-refractivity contribution in [2.75, 3.05) is 26.2 Å². The second kappa shape index (κ2) is 5.47. The lowest BCUT2D eigenvalue weighted by atomic mass is 9.97. The summed E-state index contributed by atoms with van der Waals surface area (Å²) in [6.45, 7) is 6.05. The van der Waals surface area contributed by atoms with Crippen LogP contribution in [0, 0.1) is 0 Å². The van der Waals surface area contributed by atoms with E-state index in [4.69, 9.17) is 4.42 Å². The van der Waals surface area contributed by atoms with E-state index in [1.54, 1.807) is 18.4 Å². The van der Waals surface area contributed by atoms with Crippen molar-refractivity contribution in [1.82, 2.24) is 9.80 Å². The van der Waals surface area contributed by atoms with Crippen molar-refractivity contribution in [2.45, 2.75) is 38.3 Å². The number of hydrogen-bond acceptors (Lipinski definition) is 4. The predicted molar refractivity (Wildman–Crippen MR) is 73.3 cm³/mol. The summed E-state index contributed by atoms with van der Waals surface area (Å²) in [5.41, 5.74) is 0. The van der Waals surface area contributed by atoms with Crippen molar-refractivity contribution in [3.8, 4) is 0 Å². The second-order valence-corrected chi connectivity index (χ2v) is 5.82. The number of piperazine rings is 1. The molecule has 4 nitrogen and oxygen atoms in total. The molecule has 104 valence electrons. The smallest absolute Gasteiger partial charge is 0.211 e. The lowest BCUT2D eigenvalue weighted by molar-refractivity contribution is 0.0161. The van der Waals surface area contributed by atoms with Gasteiger partial charge in [-0.25, -0.2) is 0 Å². The number of Topliss-reactive ketones (excluding diaryl/α,β-unsaturated/α-hetero) is 1. The third-order valence-electron chi connectivity index (χ3n) is 4.46. The Morgan fingerprint density at radius 2 is 2.32 bits per heavy atom. The van der Waals surface area contributed by atoms with Crippen molar-refractivity contribution in [1.29, 1.82) is 0 Å². The zero-order valence-electron chi connectivity index (χ0n) is 11.5. The van der Waals surface area contributed by atoms with Gasteiger partial charge in [0, 0.05) is 25.2 Å². The highest BCUT2D eigenvalue weighted by molar-refractivity contribution is 5.95. The van der Waals surface area contributed by atoms with Crippen LogP contribution in [-0.4, -0.2) is 53.8 Å². The van der Waals surface area contributed by atoms with Crippen LogP contribution in [0.4, 0.5) is 0 Å². The maximum absolute atomic E-state index is 12.1. The molecule has 2 saturated heterocycles. The minimum atomic E-state index is 0.0982. The number of carbonyl (C=O) groups excluding carboxylic acids is 1. The summed E-state index contributed by atoms with van der Waals surface area (Å²) in [6, 6.07) is 4.63. The molecule has 2 atom stereocenters. The fourth-order valence-electron chi connectivity index (χ4n) is 3.33. The predicted octanol–water partition coefficient (Wildman–Crippen LogP) is 2.02. The molecule has 3 heterocycles. The van der Waals surface area contributed by atoms with Gasteiger partial charge in [-0.05, 0) is 38.4 Å². The molecule has 0 aliphatic carbocycles. The summed E-state index contributed by atoms with van der Waals surface area (Å²) in [4.78, 5) is 17.0. The van der Waals surface area contributed by atoms with E-state index in [2.05, 4.69) is 16.7 Å². The van der Waals surface area contributed by atoms with Crippen molar-refractivity contribution in [3.05, 3.63) is 24.2 Å². The summed E-state index contributed by atoms with van der Waals surface area (Å²) >= 11 is 0. The zero-order chi connectivity index (χ0) is 13.2. The molecule has 2 aliphatic heterocycles. The first kappa shape index (κ1) is 12.9. The average molecular weight is 262 g/mol. The van der Waals surface area contributed by atoms with Crippen molar-refractivity contribution >= 4 is 5.78 Å². The summed E-state index contributed by atoms with van der Waals surface area (Å²) in [6.07, 6.45) is 5.50. The summed E-state index contributed by atoms with van der Waals surface area (Å²) in [7, 11) is 0. The van der Waals surface area contributed by atoms with Crippen LogP contribution in [0.2, 0.25) is 0 Å². The third kappa shape index (κ3) is 2.74. The van der Waals surface area contributed by atoms with Crippen LogP contribution < -0.4 is 0 Å². The van der Waals surface area contributed by atoms with Crippen LogP contribution in [0.3, 0.4) is 0 Å². The number of piperidine rings is 1. The Labute approximate surface area is 114 Å². The minimum Gasteiger partial charge on any atom is -0.461 e. The van der Waals surface area contributed by atoms with E-state index < -0.39 is 0 Å². The van der Waals surface area contributed by atoms with Gasteiger partial charge in [-0.15, -0.1) is 0 Å². The highest BCUT2D eigenvalue weighted by Gasteiger charge is 2.33. The lowest BCUT2D eigenvalue weighted by Gasteiger charge is -2.47. The van der Waals surface area contributed by atoms with Gasteiger partial charge >= 0.3 is 0 Å². The van der Waals surface area contributed by atoms with E-state index in [0.717, 1.165) is 13.1 Å². The third-order valence-corrected chi connectivity index (χ3v) is 4.46. The molecule has 2 fully saturated rings. The number of ketones is 1. The number of carbonyl (C=O) groups is 1. The van der Waals surface area contributed by atoms with Crippen LogP contribution in [0.5, 0.6) is 0 Å². The Balaban J connectivity index is 1.63. The fraction of sp³-hybridized carbons (Fsp3) is 0.667. The van der Waals surface area contributed by atoms with Gasteiger partial charge in [-0.3, -0.25) is 14.6 Å². The quantitative estimate of drug-likeness (QED) is 0.781. The van der Waals surface area contributed by atoms with Crippen LogP contribution in [0.15, 0.2) is 22.8 Å². The molecule has 1 aromatic heterocycles. The molecular formula is C15H22N2O2. The van der Waals surface area contributed by atoms with Crippen molar-refractivity contribution < 1.29 is 9.21 Å². The Morgan fingerprint density at radius 3 is 3.11 bits per heavy atom. The molecule has 0 N–H and O–H groups in total. The zero-order valence-corrected chi connectivity index (χ0v) is 11.5. The molecule has 2 aliphatic rings. The number of nitrogens with zero attached hydrogens (tertiary/aromatic N) is 2. The first-order chi connectivity index (χ1) is 9.24. The number of hydrogen-bond donors (Lipinski definition) is 0. The van der Waals surface area contributed by atoms with Gasteiger partial charge in [0.25, 0.3) is 0 Å². The van der Waals surface area contributed by atoms with Gasteiger partial charge in [0.05, 0.1) is 12.8 Å². The maximum Gasteiger partial charge on any atom is 0.211 e. The van der Waals surface area contributed by atoms with Gasteiger partial charge in [0.15, 0.2) is 5.76 Å². The Bertz CT molecular complexity index is 429. The van der Waals surface area contributed by atoms with Gasteiger partial charge in [0.2, 0.25) is 5.78 Å². The van der Waals surface area contributed by atoms with E-state index in [0.29, 0.717) is 24.4 Å². The van der Waals surface area contributed by atoms with E-state index in [-0.39, 0.29) is 5.78 Å². The van der Waals surface area contributed by atoms with E-state index in [1.165, 1.54) is 25.8 Å². The van der Waals surface area contributed by atoms with E-state index in [9.17, 15) is 4.79 Å². The molecule has 2 unspecified atom stereocenters. The minimum absolute atomic E-state index is 0.0982. The van der Waals surface area contributed by atoms with Gasteiger partial charge < -0.3 is 4.42 Å². The molecule has 0 aromatic carbocycles. The van der Waals surface area contributed by atoms with E-state index in [1.807, 2.05) is 0 Å². The van der Waals surface area contributed by atoms with Gasteiger partial charge in [-0.1, -0.05) is 6.42 Å². The van der Waals surface area contributed by atoms with Crippen LogP contribution in [-0.2, 0) is 0 Å². The van der Waals surface area contributed by atoms with Crippen molar-refractivity contribution in [3.63, 3.8) is 0 Å². The Hall–Kier alpha value is -1.13. The average Bonchev–Trinajstić information content (AvgIpc) is 2.93. The lowest BCUT2D eigenvalue weighted by Crippen LogP contribution is -2.59. The first-order valence-electron chi connectivity index (χ1n) is 7.29. The SMILES string of the molecule is CC1CN2CCCCC2CN1CC(=O)c1ccco1. The Kier molecular flexibility index (Phi) is 3.71. The van der Waals surface area contributed by atoms with Crippen molar-refractivity contribution in [2.24, 2.45) is 0 Å². The molecule has 1 aromatic rings. The summed E-state index contributed by atoms with van der Waals surface area (Å²) in [5.74, 6) is 0.583. The highest BCUT2D eigenvalue weighted by Crippen LogP contribution is 2.24. The first-order valence-corrected chi connectivity index (χ1v) is 7.29. The monoisotopic (exact) mass is 262 g/mol. The standard InChI is InChI=1S/C15H22N2O2/c1-12-9-16-7-3-2-5-13(16)10-17(12)11-14(18)15-6-4-8-19-15/h4,6,8,12-13H,2-3,5,7,9-11H2,1H3. The summed E-state index contributed by atoms with van der Waals surface area (Å²) in [5, 5.41) is 0. The van der Waals surface area contributed by atoms with Gasteiger partial charge in [0.1, 0.15) is 0 Å². The second-order valence-electron chi connectivity index (χ2n) is 5.82. The molecule has 19 heavy (non-hydrogen) atoms. The Morgan fingerprint density at radius 1 is 1.42 bits per heavy atom. The normalized spacial score (nSPS) is 29.1. The molecule has 0 saturated carbocycles. The largest absolute Gasteiger partial charge is 0.461 e. The number of furan rings is 1. The van der Waals surface area contributed by atoms with Crippen LogP contribution in [0.1, 0.15) is 36.7 Å². The van der Waals surface area contributed by atoms with E-state index >= 15 is 0 Å². The molecule has 0 bridgehead atoms. The topological polar surface area (TPSA) is 36.7 Å². The highest BCUT2D eigenvalue weighted by atomic mass is 16.3. The molecule has 3 rings (SSSR count). The molecular weight excluding hydrogens is 240 g/mol. The fourth-order valence-corrected chi connectivity index (χ4v) is 3.33. The van der Waals surface area contributed by atoms with Crippen LogP contribution >= 0.6 is 0 Å². The van der Waals surface area contributed by atoms with Crippen LogP contribution in [0.25, 0.3) is 0 Å². The van der Waals surface area contributed by atoms with Gasteiger partial charge in [-0.2, -0.15) is 0 Å². The molecule has 4 heteroatoms. The molecule has 0 amide bonds. The number of fused-ring (bicyclic) bond motifs is 1. The molecule has 0 spiro atoms. The number of rotatable bonds is 3.